The lowest BCUT2D eigenvalue weighted by atomic mass is 9.88. The van der Waals surface area contributed by atoms with Crippen LogP contribution in [-0.2, 0) is 4.79 Å². The van der Waals surface area contributed by atoms with E-state index < -0.39 is 0 Å². The van der Waals surface area contributed by atoms with Crippen molar-refractivity contribution in [1.82, 2.24) is 4.90 Å². The molecule has 4 heteroatoms. The summed E-state index contributed by atoms with van der Waals surface area (Å²) in [4.78, 5) is 14.7. The number of carbonyl (C=O) groups is 1. The van der Waals surface area contributed by atoms with Gasteiger partial charge in [0.1, 0.15) is 0 Å². The molecule has 1 aliphatic rings. The van der Waals surface area contributed by atoms with E-state index >= 15 is 0 Å². The van der Waals surface area contributed by atoms with Crippen LogP contribution in [0.3, 0.4) is 0 Å². The molecule has 116 valence electrons. The Morgan fingerprint density at radius 3 is 2.76 bits per heavy atom. The van der Waals surface area contributed by atoms with E-state index in [2.05, 4.69) is 24.1 Å². The fourth-order valence-electron chi connectivity index (χ4n) is 2.84. The Labute approximate surface area is 127 Å². The van der Waals surface area contributed by atoms with E-state index in [1.54, 1.807) is 0 Å². The normalized spacial score (nSPS) is 24.6. The van der Waals surface area contributed by atoms with Gasteiger partial charge in [-0.05, 0) is 56.3 Å². The number of carbonyl (C=O) groups excluding carboxylic acids is 1. The standard InChI is InChI=1S/C17H27N3O/c1-11-8-9-20(10-12(11)2)14(4)17(21)19-16-7-5-6-15(18)13(16)3/h5-7,11-12,14H,8-10,18H2,1-4H3,(H,19,21). The van der Waals surface area contributed by atoms with Gasteiger partial charge in [0.15, 0.2) is 0 Å². The summed E-state index contributed by atoms with van der Waals surface area (Å²) < 4.78 is 0. The number of nitrogen functional groups attached to an aromatic ring is 1. The van der Waals surface area contributed by atoms with E-state index in [1.165, 1.54) is 0 Å². The number of nitrogens with two attached hydrogens (primary N) is 1. The van der Waals surface area contributed by atoms with Crippen LogP contribution < -0.4 is 11.1 Å². The molecule has 3 unspecified atom stereocenters. The molecule has 1 amide bonds. The van der Waals surface area contributed by atoms with Crippen molar-refractivity contribution in [3.05, 3.63) is 23.8 Å². The molecule has 0 spiro atoms. The molecule has 1 aliphatic heterocycles. The highest BCUT2D eigenvalue weighted by molar-refractivity contribution is 5.95. The third kappa shape index (κ3) is 3.56. The molecule has 3 N–H and O–H groups in total. The topological polar surface area (TPSA) is 58.4 Å². The minimum atomic E-state index is -0.110. The van der Waals surface area contributed by atoms with Crippen molar-refractivity contribution in [3.63, 3.8) is 0 Å². The fourth-order valence-corrected chi connectivity index (χ4v) is 2.84. The Balaban J connectivity index is 2.01. The van der Waals surface area contributed by atoms with Crippen LogP contribution in [0.15, 0.2) is 18.2 Å². The molecule has 0 bridgehead atoms. The lowest BCUT2D eigenvalue weighted by Gasteiger charge is -2.38. The Morgan fingerprint density at radius 1 is 1.38 bits per heavy atom. The number of likely N-dealkylation sites (tertiary alicyclic amines) is 1. The number of anilines is 2. The second-order valence-corrected chi connectivity index (χ2v) is 6.42. The van der Waals surface area contributed by atoms with Gasteiger partial charge in [0, 0.05) is 17.9 Å². The summed E-state index contributed by atoms with van der Waals surface area (Å²) in [5, 5.41) is 3.01. The molecule has 4 nitrogen and oxygen atoms in total. The van der Waals surface area contributed by atoms with Gasteiger partial charge < -0.3 is 11.1 Å². The molecule has 1 aromatic rings. The van der Waals surface area contributed by atoms with Crippen LogP contribution in [0.2, 0.25) is 0 Å². The first-order valence-corrected chi connectivity index (χ1v) is 7.80. The average Bonchev–Trinajstić information content (AvgIpc) is 2.46. The van der Waals surface area contributed by atoms with Crippen molar-refractivity contribution in [2.24, 2.45) is 11.8 Å². The maximum Gasteiger partial charge on any atom is 0.241 e. The van der Waals surface area contributed by atoms with Gasteiger partial charge in [-0.1, -0.05) is 19.9 Å². The number of hydrogen-bond acceptors (Lipinski definition) is 3. The Bertz CT molecular complexity index is 515. The van der Waals surface area contributed by atoms with E-state index in [-0.39, 0.29) is 11.9 Å². The van der Waals surface area contributed by atoms with Gasteiger partial charge in [0.2, 0.25) is 5.91 Å². The zero-order chi connectivity index (χ0) is 15.6. The van der Waals surface area contributed by atoms with Gasteiger partial charge in [-0.3, -0.25) is 9.69 Å². The maximum atomic E-state index is 12.5. The Hall–Kier alpha value is -1.55. The molecule has 2 rings (SSSR count). The number of nitrogens with one attached hydrogen (secondary N) is 1. The first-order chi connectivity index (χ1) is 9.90. The van der Waals surface area contributed by atoms with Crippen LogP contribution in [-0.4, -0.2) is 29.9 Å². The maximum absolute atomic E-state index is 12.5. The first-order valence-electron chi connectivity index (χ1n) is 7.80. The van der Waals surface area contributed by atoms with E-state index in [4.69, 9.17) is 5.73 Å². The number of rotatable bonds is 3. The van der Waals surface area contributed by atoms with Crippen molar-refractivity contribution >= 4 is 17.3 Å². The van der Waals surface area contributed by atoms with Crippen LogP contribution in [0.4, 0.5) is 11.4 Å². The van der Waals surface area contributed by atoms with Gasteiger partial charge >= 0.3 is 0 Å². The predicted molar refractivity (Wildman–Crippen MR) is 88.2 cm³/mol. The summed E-state index contributed by atoms with van der Waals surface area (Å²) in [6.45, 7) is 10.5. The minimum absolute atomic E-state index is 0.0467. The zero-order valence-corrected chi connectivity index (χ0v) is 13.5. The van der Waals surface area contributed by atoms with Crippen molar-refractivity contribution in [2.45, 2.75) is 40.2 Å². The van der Waals surface area contributed by atoms with Gasteiger partial charge in [0.05, 0.1) is 6.04 Å². The summed E-state index contributed by atoms with van der Waals surface area (Å²) in [5.41, 5.74) is 8.34. The van der Waals surface area contributed by atoms with Gasteiger partial charge in [-0.15, -0.1) is 0 Å². The summed E-state index contributed by atoms with van der Waals surface area (Å²) in [5.74, 6) is 1.43. The lowest BCUT2D eigenvalue weighted by molar-refractivity contribution is -0.121. The van der Waals surface area contributed by atoms with E-state index in [0.29, 0.717) is 11.6 Å². The van der Waals surface area contributed by atoms with Gasteiger partial charge in [-0.25, -0.2) is 0 Å². The second-order valence-electron chi connectivity index (χ2n) is 6.42. The van der Waals surface area contributed by atoms with Crippen LogP contribution in [0.25, 0.3) is 0 Å². The summed E-state index contributed by atoms with van der Waals surface area (Å²) in [6, 6.07) is 5.51. The van der Waals surface area contributed by atoms with Crippen molar-refractivity contribution in [1.29, 1.82) is 0 Å². The SMILES string of the molecule is Cc1c(N)cccc1NC(=O)C(C)N1CCC(C)C(C)C1. The highest BCUT2D eigenvalue weighted by atomic mass is 16.2. The van der Waals surface area contributed by atoms with E-state index in [0.717, 1.165) is 36.7 Å². The van der Waals surface area contributed by atoms with Gasteiger partial charge in [-0.2, -0.15) is 0 Å². The van der Waals surface area contributed by atoms with Crippen LogP contribution in [0, 0.1) is 18.8 Å². The van der Waals surface area contributed by atoms with Crippen molar-refractivity contribution in [3.8, 4) is 0 Å². The van der Waals surface area contributed by atoms with Crippen LogP contribution >= 0.6 is 0 Å². The summed E-state index contributed by atoms with van der Waals surface area (Å²) in [7, 11) is 0. The molecule has 0 aliphatic carbocycles. The van der Waals surface area contributed by atoms with Crippen molar-refractivity contribution in [2.75, 3.05) is 24.1 Å². The quantitative estimate of drug-likeness (QED) is 0.841. The molecule has 3 atom stereocenters. The molecular formula is C17H27N3O. The molecule has 21 heavy (non-hydrogen) atoms. The molecule has 0 saturated carbocycles. The zero-order valence-electron chi connectivity index (χ0n) is 13.5. The van der Waals surface area contributed by atoms with E-state index in [9.17, 15) is 4.79 Å². The lowest BCUT2D eigenvalue weighted by Crippen LogP contribution is -2.48. The molecule has 0 aromatic heterocycles. The second kappa shape index (κ2) is 6.48. The fraction of sp³-hybridized carbons (Fsp3) is 0.588. The monoisotopic (exact) mass is 289 g/mol. The predicted octanol–water partition coefficient (Wildman–Crippen LogP) is 2.88. The average molecular weight is 289 g/mol. The molecule has 1 fully saturated rings. The molecule has 1 saturated heterocycles. The number of nitrogens with zero attached hydrogens (tertiary/aromatic N) is 1. The minimum Gasteiger partial charge on any atom is -0.398 e. The smallest absolute Gasteiger partial charge is 0.241 e. The largest absolute Gasteiger partial charge is 0.398 e. The summed E-state index contributed by atoms with van der Waals surface area (Å²) >= 11 is 0. The Kier molecular flexibility index (Phi) is 4.88. The molecular weight excluding hydrogens is 262 g/mol. The number of hydrogen-bond donors (Lipinski definition) is 2. The third-order valence-corrected chi connectivity index (χ3v) is 4.93. The molecule has 0 radical (unpaired) electrons. The van der Waals surface area contributed by atoms with Crippen LogP contribution in [0.1, 0.15) is 32.8 Å². The number of piperidine rings is 1. The molecule has 1 aromatic carbocycles. The van der Waals surface area contributed by atoms with Gasteiger partial charge in [0.25, 0.3) is 0 Å². The third-order valence-electron chi connectivity index (χ3n) is 4.93. The first kappa shape index (κ1) is 15.8. The number of amides is 1. The summed E-state index contributed by atoms with van der Waals surface area (Å²) in [6.07, 6.45) is 1.16. The molecule has 1 heterocycles. The number of benzene rings is 1. The van der Waals surface area contributed by atoms with Crippen LogP contribution in [0.5, 0.6) is 0 Å². The Morgan fingerprint density at radius 2 is 2.10 bits per heavy atom. The highest BCUT2D eigenvalue weighted by Gasteiger charge is 2.29. The van der Waals surface area contributed by atoms with Crippen molar-refractivity contribution < 1.29 is 4.79 Å². The highest BCUT2D eigenvalue weighted by Crippen LogP contribution is 2.25. The van der Waals surface area contributed by atoms with E-state index in [1.807, 2.05) is 32.0 Å².